The van der Waals surface area contributed by atoms with Crippen molar-refractivity contribution in [2.45, 2.75) is 20.3 Å². The minimum absolute atomic E-state index is 0.0115. The zero-order valence-electron chi connectivity index (χ0n) is 8.16. The van der Waals surface area contributed by atoms with Gasteiger partial charge in [-0.05, 0) is 18.9 Å². The number of ketones is 1. The third-order valence-corrected chi connectivity index (χ3v) is 2.77. The van der Waals surface area contributed by atoms with Crippen LogP contribution in [0.25, 0.3) is 0 Å². The van der Waals surface area contributed by atoms with Crippen LogP contribution in [0.15, 0.2) is 12.2 Å². The summed E-state index contributed by atoms with van der Waals surface area (Å²) < 4.78 is 4.70. The van der Waals surface area contributed by atoms with Crippen LogP contribution in [0.2, 0.25) is 0 Å². The average Bonchev–Trinajstić information content (AvgIpc) is 2.11. The monoisotopic (exact) mass is 182 g/mol. The van der Waals surface area contributed by atoms with E-state index in [-0.39, 0.29) is 17.7 Å². The molecule has 1 aliphatic carbocycles. The third kappa shape index (κ3) is 1.64. The van der Waals surface area contributed by atoms with Crippen molar-refractivity contribution in [3.05, 3.63) is 12.2 Å². The van der Waals surface area contributed by atoms with Crippen molar-refractivity contribution in [2.75, 3.05) is 7.11 Å². The summed E-state index contributed by atoms with van der Waals surface area (Å²) in [5.41, 5.74) is -0.636. The van der Waals surface area contributed by atoms with Crippen molar-refractivity contribution in [2.24, 2.45) is 11.3 Å². The van der Waals surface area contributed by atoms with Crippen molar-refractivity contribution in [3.63, 3.8) is 0 Å². The van der Waals surface area contributed by atoms with E-state index < -0.39 is 5.41 Å². The summed E-state index contributed by atoms with van der Waals surface area (Å²) in [6, 6.07) is 0. The maximum atomic E-state index is 11.4. The molecule has 3 heteroatoms. The van der Waals surface area contributed by atoms with Gasteiger partial charge in [0.1, 0.15) is 0 Å². The first kappa shape index (κ1) is 9.96. The number of hydrogen-bond donors (Lipinski definition) is 0. The highest BCUT2D eigenvalue weighted by molar-refractivity contribution is 5.94. The second-order valence-corrected chi connectivity index (χ2v) is 3.68. The summed E-state index contributed by atoms with van der Waals surface area (Å²) in [7, 11) is 1.37. The van der Waals surface area contributed by atoms with Crippen molar-refractivity contribution in [1.29, 1.82) is 0 Å². The lowest BCUT2D eigenvalue weighted by molar-refractivity contribution is -0.152. The van der Waals surface area contributed by atoms with Crippen molar-refractivity contribution < 1.29 is 14.3 Å². The fourth-order valence-corrected chi connectivity index (χ4v) is 1.50. The quantitative estimate of drug-likeness (QED) is 0.574. The number of carbonyl (C=O) groups excluding carboxylic acids is 2. The van der Waals surface area contributed by atoms with E-state index in [9.17, 15) is 9.59 Å². The molecule has 2 atom stereocenters. The van der Waals surface area contributed by atoms with Gasteiger partial charge in [-0.15, -0.1) is 0 Å². The van der Waals surface area contributed by atoms with Crippen LogP contribution in [0.1, 0.15) is 20.3 Å². The van der Waals surface area contributed by atoms with Gasteiger partial charge < -0.3 is 4.74 Å². The van der Waals surface area contributed by atoms with E-state index in [1.54, 1.807) is 13.0 Å². The van der Waals surface area contributed by atoms with E-state index in [0.29, 0.717) is 6.42 Å². The van der Waals surface area contributed by atoms with Gasteiger partial charge in [0.05, 0.1) is 12.5 Å². The Morgan fingerprint density at radius 3 is 2.77 bits per heavy atom. The Morgan fingerprint density at radius 1 is 1.69 bits per heavy atom. The van der Waals surface area contributed by atoms with Crippen LogP contribution in [-0.4, -0.2) is 18.9 Å². The number of methoxy groups -OCH3 is 1. The van der Waals surface area contributed by atoms with Gasteiger partial charge in [-0.3, -0.25) is 9.59 Å². The summed E-state index contributed by atoms with van der Waals surface area (Å²) in [5.74, 6) is -0.185. The lowest BCUT2D eigenvalue weighted by Gasteiger charge is -2.31. The molecule has 0 aromatic carbocycles. The molecule has 0 spiro atoms. The van der Waals surface area contributed by atoms with Crippen LogP contribution < -0.4 is 0 Å². The van der Waals surface area contributed by atoms with Gasteiger partial charge in [-0.25, -0.2) is 0 Å². The fourth-order valence-electron chi connectivity index (χ4n) is 1.50. The predicted octanol–water partition coefficient (Wildman–Crippen LogP) is 1.33. The molecule has 0 unspecified atom stereocenters. The molecular weight excluding hydrogens is 168 g/mol. The first-order valence-corrected chi connectivity index (χ1v) is 4.31. The SMILES string of the molecule is COC(=O)[C@]1(C)C=CC(=O)C[C@H]1C. The van der Waals surface area contributed by atoms with E-state index in [0.717, 1.165) is 0 Å². The molecule has 13 heavy (non-hydrogen) atoms. The van der Waals surface area contributed by atoms with Crippen LogP contribution in [-0.2, 0) is 14.3 Å². The predicted molar refractivity (Wildman–Crippen MR) is 48.1 cm³/mol. The number of esters is 1. The minimum atomic E-state index is -0.636. The number of rotatable bonds is 1. The molecule has 0 saturated carbocycles. The van der Waals surface area contributed by atoms with Gasteiger partial charge in [0.15, 0.2) is 5.78 Å². The van der Waals surface area contributed by atoms with Crippen molar-refractivity contribution in [3.8, 4) is 0 Å². The molecule has 1 aliphatic rings. The van der Waals surface area contributed by atoms with Gasteiger partial charge in [0.2, 0.25) is 0 Å². The van der Waals surface area contributed by atoms with Gasteiger partial charge in [-0.2, -0.15) is 0 Å². The molecule has 0 amide bonds. The highest BCUT2D eigenvalue weighted by atomic mass is 16.5. The number of hydrogen-bond acceptors (Lipinski definition) is 3. The Labute approximate surface area is 77.8 Å². The summed E-state index contributed by atoms with van der Waals surface area (Å²) in [6.45, 7) is 3.69. The van der Waals surface area contributed by atoms with Gasteiger partial charge in [0, 0.05) is 6.42 Å². The third-order valence-electron chi connectivity index (χ3n) is 2.77. The second-order valence-electron chi connectivity index (χ2n) is 3.68. The van der Waals surface area contributed by atoms with E-state index >= 15 is 0 Å². The second kappa shape index (κ2) is 3.32. The topological polar surface area (TPSA) is 43.4 Å². The van der Waals surface area contributed by atoms with Crippen LogP contribution >= 0.6 is 0 Å². The molecule has 0 fully saturated rings. The number of ether oxygens (including phenoxy) is 1. The number of carbonyl (C=O) groups is 2. The van der Waals surface area contributed by atoms with E-state index in [1.165, 1.54) is 13.2 Å². The zero-order valence-corrected chi connectivity index (χ0v) is 8.16. The smallest absolute Gasteiger partial charge is 0.315 e. The molecule has 0 N–H and O–H groups in total. The van der Waals surface area contributed by atoms with Crippen molar-refractivity contribution >= 4 is 11.8 Å². The molecule has 3 nitrogen and oxygen atoms in total. The Balaban J connectivity index is 2.96. The molecule has 0 aromatic rings. The molecular formula is C10H14O3. The van der Waals surface area contributed by atoms with E-state index in [4.69, 9.17) is 4.74 Å². The summed E-state index contributed by atoms with van der Waals surface area (Å²) in [4.78, 5) is 22.5. The lowest BCUT2D eigenvalue weighted by Crippen LogP contribution is -2.37. The lowest BCUT2D eigenvalue weighted by atomic mass is 9.72. The largest absolute Gasteiger partial charge is 0.468 e. The summed E-state index contributed by atoms with van der Waals surface area (Å²) in [5, 5.41) is 0. The number of allylic oxidation sites excluding steroid dienone is 1. The molecule has 0 aliphatic heterocycles. The van der Waals surface area contributed by atoms with Crippen LogP contribution in [0, 0.1) is 11.3 Å². The summed E-state index contributed by atoms with van der Waals surface area (Å²) >= 11 is 0. The molecule has 0 saturated heterocycles. The summed E-state index contributed by atoms with van der Waals surface area (Å²) in [6.07, 6.45) is 3.54. The van der Waals surface area contributed by atoms with Crippen LogP contribution in [0.5, 0.6) is 0 Å². The maximum Gasteiger partial charge on any atom is 0.315 e. The maximum absolute atomic E-state index is 11.4. The molecule has 0 aromatic heterocycles. The fraction of sp³-hybridized carbons (Fsp3) is 0.600. The van der Waals surface area contributed by atoms with Gasteiger partial charge in [-0.1, -0.05) is 13.0 Å². The zero-order chi connectivity index (χ0) is 10.1. The molecule has 0 bridgehead atoms. The van der Waals surface area contributed by atoms with E-state index in [2.05, 4.69) is 0 Å². The Hall–Kier alpha value is -1.12. The van der Waals surface area contributed by atoms with Crippen LogP contribution in [0.4, 0.5) is 0 Å². The molecule has 1 rings (SSSR count). The first-order chi connectivity index (χ1) is 6.00. The Kier molecular flexibility index (Phi) is 2.55. The molecule has 72 valence electrons. The van der Waals surface area contributed by atoms with Crippen molar-refractivity contribution in [1.82, 2.24) is 0 Å². The molecule has 0 radical (unpaired) electrons. The van der Waals surface area contributed by atoms with E-state index in [1.807, 2.05) is 6.92 Å². The first-order valence-electron chi connectivity index (χ1n) is 4.31. The average molecular weight is 182 g/mol. The molecule has 0 heterocycles. The van der Waals surface area contributed by atoms with Crippen LogP contribution in [0.3, 0.4) is 0 Å². The Bertz CT molecular complexity index is 267. The van der Waals surface area contributed by atoms with Gasteiger partial charge in [0.25, 0.3) is 0 Å². The minimum Gasteiger partial charge on any atom is -0.468 e. The highest BCUT2D eigenvalue weighted by Gasteiger charge is 2.40. The highest BCUT2D eigenvalue weighted by Crippen LogP contribution is 2.35. The normalized spacial score (nSPS) is 33.2. The van der Waals surface area contributed by atoms with Gasteiger partial charge >= 0.3 is 5.97 Å². The standard InChI is InChI=1S/C10H14O3/c1-7-6-8(11)4-5-10(7,2)9(12)13-3/h4-5,7H,6H2,1-3H3/t7-,10-/m1/s1. The Morgan fingerprint density at radius 2 is 2.31 bits per heavy atom.